The number of hydrogen-bond donors (Lipinski definition) is 2. The zero-order chi connectivity index (χ0) is 10.0. The summed E-state index contributed by atoms with van der Waals surface area (Å²) < 4.78 is 0. The van der Waals surface area contributed by atoms with E-state index in [9.17, 15) is 4.79 Å². The highest BCUT2D eigenvalue weighted by atomic mass is 16.2. The van der Waals surface area contributed by atoms with Gasteiger partial charge in [-0.15, -0.1) is 0 Å². The number of urea groups is 1. The van der Waals surface area contributed by atoms with E-state index in [0.717, 1.165) is 45.4 Å². The van der Waals surface area contributed by atoms with Crippen LogP contribution in [-0.4, -0.2) is 42.6 Å². The predicted octanol–water partition coefficient (Wildman–Crippen LogP) is 0.544. The summed E-state index contributed by atoms with van der Waals surface area (Å²) in [5.41, 5.74) is 0.0791. The molecule has 0 saturated carbocycles. The van der Waals surface area contributed by atoms with Crippen molar-refractivity contribution in [2.45, 2.75) is 31.7 Å². The molecule has 4 heteroatoms. The minimum Gasteiger partial charge on any atom is -0.338 e. The Morgan fingerprint density at radius 1 is 1.29 bits per heavy atom. The predicted molar refractivity (Wildman–Crippen MR) is 55.2 cm³/mol. The van der Waals surface area contributed by atoms with Gasteiger partial charge in [-0.1, -0.05) is 0 Å². The van der Waals surface area contributed by atoms with Gasteiger partial charge in [0.25, 0.3) is 0 Å². The fourth-order valence-electron chi connectivity index (χ4n) is 2.38. The number of rotatable bonds is 1. The molecule has 0 atom stereocenters. The van der Waals surface area contributed by atoms with Gasteiger partial charge in [-0.2, -0.15) is 0 Å². The van der Waals surface area contributed by atoms with Gasteiger partial charge in [-0.25, -0.2) is 4.79 Å². The molecule has 14 heavy (non-hydrogen) atoms. The molecule has 2 heterocycles. The van der Waals surface area contributed by atoms with Gasteiger partial charge in [0.05, 0.1) is 0 Å². The molecule has 0 aliphatic carbocycles. The van der Waals surface area contributed by atoms with Gasteiger partial charge in [-0.3, -0.25) is 0 Å². The van der Waals surface area contributed by atoms with Gasteiger partial charge in [0.2, 0.25) is 0 Å². The zero-order valence-corrected chi connectivity index (χ0v) is 8.81. The van der Waals surface area contributed by atoms with Crippen LogP contribution in [0.1, 0.15) is 26.2 Å². The first kappa shape index (κ1) is 9.77. The Balaban J connectivity index is 2.06. The van der Waals surface area contributed by atoms with Crippen molar-refractivity contribution in [3.8, 4) is 0 Å². The quantitative estimate of drug-likeness (QED) is 0.644. The number of amides is 2. The van der Waals surface area contributed by atoms with Crippen molar-refractivity contribution in [2.75, 3.05) is 26.2 Å². The maximum Gasteiger partial charge on any atom is 0.317 e. The third-order valence-corrected chi connectivity index (χ3v) is 3.41. The topological polar surface area (TPSA) is 44.4 Å². The minimum absolute atomic E-state index is 0.0791. The van der Waals surface area contributed by atoms with Crippen LogP contribution in [0.4, 0.5) is 4.79 Å². The molecule has 2 rings (SSSR count). The monoisotopic (exact) mass is 197 g/mol. The summed E-state index contributed by atoms with van der Waals surface area (Å²) >= 11 is 0. The van der Waals surface area contributed by atoms with E-state index >= 15 is 0 Å². The van der Waals surface area contributed by atoms with Crippen molar-refractivity contribution >= 4 is 6.03 Å². The number of piperidine rings is 1. The second kappa shape index (κ2) is 3.77. The van der Waals surface area contributed by atoms with Gasteiger partial charge < -0.3 is 15.5 Å². The van der Waals surface area contributed by atoms with Crippen LogP contribution in [0.5, 0.6) is 0 Å². The lowest BCUT2D eigenvalue weighted by molar-refractivity contribution is 0.0864. The van der Waals surface area contributed by atoms with E-state index in [1.807, 2.05) is 4.90 Å². The zero-order valence-electron chi connectivity index (χ0n) is 8.81. The van der Waals surface area contributed by atoms with E-state index in [1.54, 1.807) is 0 Å². The van der Waals surface area contributed by atoms with E-state index in [1.165, 1.54) is 0 Å². The smallest absolute Gasteiger partial charge is 0.317 e. The molecule has 2 aliphatic rings. The van der Waals surface area contributed by atoms with Crippen LogP contribution in [0.2, 0.25) is 0 Å². The molecule has 2 fully saturated rings. The Morgan fingerprint density at radius 3 is 2.64 bits per heavy atom. The van der Waals surface area contributed by atoms with Crippen molar-refractivity contribution in [1.82, 2.24) is 15.5 Å². The lowest BCUT2D eigenvalue weighted by Gasteiger charge is -2.45. The molecule has 0 aromatic rings. The van der Waals surface area contributed by atoms with E-state index in [2.05, 4.69) is 17.6 Å². The summed E-state index contributed by atoms with van der Waals surface area (Å²) in [4.78, 5) is 13.7. The second-order valence-corrected chi connectivity index (χ2v) is 4.48. The molecular formula is C10H19N3O. The summed E-state index contributed by atoms with van der Waals surface area (Å²) in [6, 6.07) is 0.126. The van der Waals surface area contributed by atoms with Gasteiger partial charge in [0, 0.05) is 18.6 Å². The van der Waals surface area contributed by atoms with Gasteiger partial charge >= 0.3 is 6.03 Å². The first-order valence-electron chi connectivity index (χ1n) is 5.49. The molecular weight excluding hydrogens is 178 g/mol. The Kier molecular flexibility index (Phi) is 2.63. The first-order valence-corrected chi connectivity index (χ1v) is 5.49. The molecule has 4 nitrogen and oxygen atoms in total. The molecule has 0 radical (unpaired) electrons. The molecule has 0 aromatic carbocycles. The third-order valence-electron chi connectivity index (χ3n) is 3.41. The summed E-state index contributed by atoms with van der Waals surface area (Å²) in [5, 5.41) is 6.26. The Labute approximate surface area is 85.0 Å². The second-order valence-electron chi connectivity index (χ2n) is 4.48. The average molecular weight is 197 g/mol. The fourth-order valence-corrected chi connectivity index (χ4v) is 2.38. The maximum absolute atomic E-state index is 11.7. The summed E-state index contributed by atoms with van der Waals surface area (Å²) in [6.45, 7) is 6.02. The highest BCUT2D eigenvalue weighted by Gasteiger charge is 2.37. The molecule has 2 N–H and O–H groups in total. The van der Waals surface area contributed by atoms with Crippen molar-refractivity contribution < 1.29 is 4.79 Å². The highest BCUT2D eigenvalue weighted by Crippen LogP contribution is 2.26. The normalized spacial score (nSPS) is 27.2. The van der Waals surface area contributed by atoms with Gasteiger partial charge in [-0.05, 0) is 39.3 Å². The third kappa shape index (κ3) is 1.71. The summed E-state index contributed by atoms with van der Waals surface area (Å²) in [6.07, 6.45) is 3.22. The van der Waals surface area contributed by atoms with E-state index in [-0.39, 0.29) is 11.6 Å². The number of carbonyl (C=O) groups excluding carboxylic acids is 1. The van der Waals surface area contributed by atoms with Gasteiger partial charge in [0.15, 0.2) is 0 Å². The van der Waals surface area contributed by atoms with E-state index in [0.29, 0.717) is 0 Å². The number of nitrogens with one attached hydrogen (secondary N) is 2. The van der Waals surface area contributed by atoms with Crippen molar-refractivity contribution in [3.63, 3.8) is 0 Å². The van der Waals surface area contributed by atoms with Crippen molar-refractivity contribution in [1.29, 1.82) is 0 Å². The van der Waals surface area contributed by atoms with Gasteiger partial charge in [0.1, 0.15) is 0 Å². The number of nitrogens with zero attached hydrogens (tertiary/aromatic N) is 1. The molecule has 0 unspecified atom stereocenters. The Bertz CT molecular complexity index is 223. The molecule has 80 valence electrons. The fraction of sp³-hybridized carbons (Fsp3) is 0.900. The van der Waals surface area contributed by atoms with Crippen LogP contribution in [0, 0.1) is 0 Å². The summed E-state index contributed by atoms with van der Waals surface area (Å²) in [5.74, 6) is 0. The first-order chi connectivity index (χ1) is 6.72. The Hall–Kier alpha value is -0.770. The largest absolute Gasteiger partial charge is 0.338 e. The Morgan fingerprint density at radius 2 is 2.00 bits per heavy atom. The lowest BCUT2D eigenvalue weighted by Crippen LogP contribution is -2.60. The van der Waals surface area contributed by atoms with Crippen molar-refractivity contribution in [3.05, 3.63) is 0 Å². The minimum atomic E-state index is 0.0791. The lowest BCUT2D eigenvalue weighted by atomic mass is 9.88. The molecule has 2 saturated heterocycles. The average Bonchev–Trinajstić information content (AvgIpc) is 2.19. The van der Waals surface area contributed by atoms with E-state index in [4.69, 9.17) is 0 Å². The molecule has 2 amide bonds. The number of carbonyl (C=O) groups is 1. The number of hydrogen-bond acceptors (Lipinski definition) is 2. The molecule has 0 aromatic heterocycles. The molecule has 0 bridgehead atoms. The molecule has 0 spiro atoms. The standard InChI is InChI=1S/C10H19N3O/c1-10(3-6-11-7-4-10)13-8-2-5-12-9(13)14/h11H,2-8H2,1H3,(H,12,14). The SMILES string of the molecule is CC1(N2CCCNC2=O)CCNCC1. The maximum atomic E-state index is 11.7. The van der Waals surface area contributed by atoms with Crippen LogP contribution in [0.25, 0.3) is 0 Å². The van der Waals surface area contributed by atoms with Crippen LogP contribution in [0.3, 0.4) is 0 Å². The van der Waals surface area contributed by atoms with Crippen LogP contribution in [-0.2, 0) is 0 Å². The summed E-state index contributed by atoms with van der Waals surface area (Å²) in [7, 11) is 0. The molecule has 2 aliphatic heterocycles. The highest BCUT2D eigenvalue weighted by molar-refractivity contribution is 5.75. The van der Waals surface area contributed by atoms with Crippen molar-refractivity contribution in [2.24, 2.45) is 0 Å². The van der Waals surface area contributed by atoms with Crippen LogP contribution < -0.4 is 10.6 Å². The van der Waals surface area contributed by atoms with Crippen LogP contribution in [0.15, 0.2) is 0 Å². The van der Waals surface area contributed by atoms with E-state index < -0.39 is 0 Å². The van der Waals surface area contributed by atoms with Crippen LogP contribution >= 0.6 is 0 Å².